The maximum atomic E-state index is 11.9. The predicted octanol–water partition coefficient (Wildman–Crippen LogP) is 6.15. The first kappa shape index (κ1) is 21.9. The van der Waals surface area contributed by atoms with Crippen molar-refractivity contribution in [2.45, 2.75) is 4.90 Å². The zero-order chi connectivity index (χ0) is 23.4. The maximum absolute atomic E-state index is 11.9. The molecule has 0 fully saturated rings. The molecule has 0 saturated heterocycles. The number of nitrogens with zero attached hydrogens (tertiary/aromatic N) is 3. The standard InChI is InChI=1S/C25H18N4O3S/c26-16-19(18-6-2-1-3-7-18)14-17-10-12-20(13-11-17)28-29-23-15-24(33(30,31)32)21-8-4-5-9-22(21)25(23)27/h1-15H,27H2,(H,30,31,32)/b19-14+,29-28?. The summed E-state index contributed by atoms with van der Waals surface area (Å²) in [6.45, 7) is 0. The number of nitrogen functional groups attached to an aromatic ring is 1. The molecule has 0 aliphatic carbocycles. The lowest BCUT2D eigenvalue weighted by molar-refractivity contribution is 0.484. The van der Waals surface area contributed by atoms with Crippen LogP contribution in [-0.4, -0.2) is 13.0 Å². The van der Waals surface area contributed by atoms with Gasteiger partial charge in [-0.3, -0.25) is 4.55 Å². The van der Waals surface area contributed by atoms with Gasteiger partial charge in [0, 0.05) is 10.8 Å². The van der Waals surface area contributed by atoms with E-state index in [-0.39, 0.29) is 16.3 Å². The van der Waals surface area contributed by atoms with E-state index < -0.39 is 10.1 Å². The summed E-state index contributed by atoms with van der Waals surface area (Å²) in [4.78, 5) is -0.285. The summed E-state index contributed by atoms with van der Waals surface area (Å²) in [5.41, 5.74) is 9.23. The number of allylic oxidation sites excluding steroid dienone is 1. The average Bonchev–Trinajstić information content (AvgIpc) is 2.83. The first-order valence-corrected chi connectivity index (χ1v) is 11.3. The Bertz CT molecular complexity index is 1540. The van der Waals surface area contributed by atoms with E-state index in [9.17, 15) is 18.2 Å². The van der Waals surface area contributed by atoms with Gasteiger partial charge in [-0.15, -0.1) is 5.11 Å². The molecule has 4 rings (SSSR count). The van der Waals surface area contributed by atoms with Crippen LogP contribution in [0.4, 0.5) is 17.1 Å². The molecule has 0 heterocycles. The van der Waals surface area contributed by atoms with Gasteiger partial charge in [0.2, 0.25) is 0 Å². The lowest BCUT2D eigenvalue weighted by Crippen LogP contribution is -2.01. The van der Waals surface area contributed by atoms with Gasteiger partial charge in [-0.25, -0.2) is 0 Å². The third kappa shape index (κ3) is 4.80. The molecular weight excluding hydrogens is 436 g/mol. The van der Waals surface area contributed by atoms with Crippen LogP contribution in [0.2, 0.25) is 0 Å². The summed E-state index contributed by atoms with van der Waals surface area (Å²) in [7, 11) is -4.48. The highest BCUT2D eigenvalue weighted by atomic mass is 32.2. The Morgan fingerprint density at radius 1 is 0.909 bits per heavy atom. The van der Waals surface area contributed by atoms with Crippen LogP contribution in [0.3, 0.4) is 0 Å². The molecular formula is C25H18N4O3S. The monoisotopic (exact) mass is 454 g/mol. The molecule has 4 aromatic rings. The molecule has 0 amide bonds. The summed E-state index contributed by atoms with van der Waals surface area (Å²) in [6, 6.07) is 26.4. The maximum Gasteiger partial charge on any atom is 0.295 e. The van der Waals surface area contributed by atoms with Gasteiger partial charge in [-0.1, -0.05) is 66.7 Å². The zero-order valence-corrected chi connectivity index (χ0v) is 18.1. The molecule has 0 aromatic heterocycles. The van der Waals surface area contributed by atoms with Gasteiger partial charge in [0.1, 0.15) is 10.6 Å². The van der Waals surface area contributed by atoms with E-state index >= 15 is 0 Å². The molecule has 0 unspecified atom stereocenters. The van der Waals surface area contributed by atoms with Crippen LogP contribution in [-0.2, 0) is 10.1 Å². The van der Waals surface area contributed by atoms with E-state index in [4.69, 9.17) is 5.73 Å². The summed E-state index contributed by atoms with van der Waals surface area (Å²) < 4.78 is 33.3. The number of nitriles is 1. The molecule has 4 aromatic carbocycles. The third-order valence-electron chi connectivity index (χ3n) is 4.99. The van der Waals surface area contributed by atoms with E-state index in [1.165, 1.54) is 6.07 Å². The fraction of sp³-hybridized carbons (Fsp3) is 0. The summed E-state index contributed by atoms with van der Waals surface area (Å²) in [5, 5.41) is 18.5. The number of hydrogen-bond donors (Lipinski definition) is 2. The molecule has 8 heteroatoms. The molecule has 0 aliphatic rings. The molecule has 33 heavy (non-hydrogen) atoms. The Hall–Kier alpha value is -4.32. The van der Waals surface area contributed by atoms with E-state index in [1.54, 1.807) is 54.6 Å². The molecule has 0 radical (unpaired) electrons. The Labute approximate surface area is 190 Å². The van der Waals surface area contributed by atoms with Gasteiger partial charge in [0.15, 0.2) is 0 Å². The lowest BCUT2D eigenvalue weighted by Gasteiger charge is -2.09. The molecule has 0 bridgehead atoms. The van der Waals surface area contributed by atoms with E-state index in [0.717, 1.165) is 11.1 Å². The second-order valence-electron chi connectivity index (χ2n) is 7.16. The van der Waals surface area contributed by atoms with Crippen molar-refractivity contribution in [2.75, 3.05) is 5.73 Å². The van der Waals surface area contributed by atoms with Gasteiger partial charge in [-0.2, -0.15) is 18.8 Å². The van der Waals surface area contributed by atoms with Gasteiger partial charge in [0.25, 0.3) is 10.1 Å². The number of anilines is 1. The van der Waals surface area contributed by atoms with Crippen molar-refractivity contribution < 1.29 is 13.0 Å². The Balaban J connectivity index is 1.66. The molecule has 0 aliphatic heterocycles. The highest BCUT2D eigenvalue weighted by Gasteiger charge is 2.18. The minimum atomic E-state index is -4.48. The second-order valence-corrected chi connectivity index (χ2v) is 8.55. The van der Waals surface area contributed by atoms with Crippen molar-refractivity contribution in [3.05, 3.63) is 96.1 Å². The Morgan fingerprint density at radius 3 is 2.18 bits per heavy atom. The van der Waals surface area contributed by atoms with Gasteiger partial charge < -0.3 is 5.73 Å². The third-order valence-corrected chi connectivity index (χ3v) is 5.88. The van der Waals surface area contributed by atoms with E-state index in [1.807, 2.05) is 30.3 Å². The van der Waals surface area contributed by atoms with E-state index in [0.29, 0.717) is 22.0 Å². The Kier molecular flexibility index (Phi) is 6.00. The first-order valence-electron chi connectivity index (χ1n) is 9.84. The van der Waals surface area contributed by atoms with Crippen LogP contribution in [0, 0.1) is 11.3 Å². The van der Waals surface area contributed by atoms with Crippen molar-refractivity contribution in [2.24, 2.45) is 10.2 Å². The fourth-order valence-corrected chi connectivity index (χ4v) is 4.08. The smallest absolute Gasteiger partial charge is 0.295 e. The van der Waals surface area contributed by atoms with Crippen LogP contribution >= 0.6 is 0 Å². The van der Waals surface area contributed by atoms with Crippen molar-refractivity contribution in [1.82, 2.24) is 0 Å². The van der Waals surface area contributed by atoms with Crippen LogP contribution < -0.4 is 5.73 Å². The Morgan fingerprint density at radius 2 is 1.55 bits per heavy atom. The van der Waals surface area contributed by atoms with Crippen LogP contribution in [0.15, 0.2) is 100 Å². The van der Waals surface area contributed by atoms with Crippen LogP contribution in [0.5, 0.6) is 0 Å². The summed E-state index contributed by atoms with van der Waals surface area (Å²) in [6.07, 6.45) is 1.77. The van der Waals surface area contributed by atoms with Gasteiger partial charge in [0.05, 0.1) is 23.0 Å². The largest absolute Gasteiger partial charge is 0.396 e. The number of hydrogen-bond acceptors (Lipinski definition) is 6. The molecule has 7 nitrogen and oxygen atoms in total. The van der Waals surface area contributed by atoms with Crippen LogP contribution in [0.1, 0.15) is 11.1 Å². The summed E-state index contributed by atoms with van der Waals surface area (Å²) in [5.74, 6) is 0. The normalized spacial score (nSPS) is 12.2. The highest BCUT2D eigenvalue weighted by Crippen LogP contribution is 2.36. The average molecular weight is 455 g/mol. The van der Waals surface area contributed by atoms with Crippen LogP contribution in [0.25, 0.3) is 22.4 Å². The number of azo groups is 1. The number of rotatable bonds is 5. The van der Waals surface area contributed by atoms with E-state index in [2.05, 4.69) is 16.3 Å². The number of nitrogens with two attached hydrogens (primary N) is 1. The topological polar surface area (TPSA) is 129 Å². The fourth-order valence-electron chi connectivity index (χ4n) is 3.36. The minimum absolute atomic E-state index is 0.126. The SMILES string of the molecule is N#C/C(=C\c1ccc(N=Nc2cc(S(=O)(=O)O)c3ccccc3c2N)cc1)c1ccccc1. The number of fused-ring (bicyclic) bond motifs is 1. The lowest BCUT2D eigenvalue weighted by atomic mass is 10.0. The summed E-state index contributed by atoms with van der Waals surface area (Å²) >= 11 is 0. The van der Waals surface area contributed by atoms with Crippen molar-refractivity contribution >= 4 is 49.6 Å². The quantitative estimate of drug-likeness (QED) is 0.123. The van der Waals surface area contributed by atoms with Crippen molar-refractivity contribution in [3.63, 3.8) is 0 Å². The molecule has 162 valence electrons. The van der Waals surface area contributed by atoms with Crippen molar-refractivity contribution in [3.8, 4) is 6.07 Å². The zero-order valence-electron chi connectivity index (χ0n) is 17.3. The number of benzene rings is 4. The first-order chi connectivity index (χ1) is 15.9. The van der Waals surface area contributed by atoms with Gasteiger partial charge >= 0.3 is 0 Å². The molecule has 0 spiro atoms. The molecule has 0 saturated carbocycles. The second kappa shape index (κ2) is 9.04. The molecule has 3 N–H and O–H groups in total. The van der Waals surface area contributed by atoms with Gasteiger partial charge in [-0.05, 0) is 35.4 Å². The highest BCUT2D eigenvalue weighted by molar-refractivity contribution is 7.86. The molecule has 0 atom stereocenters. The minimum Gasteiger partial charge on any atom is -0.396 e. The predicted molar refractivity (Wildman–Crippen MR) is 129 cm³/mol. The van der Waals surface area contributed by atoms with Crippen molar-refractivity contribution in [1.29, 1.82) is 5.26 Å².